The van der Waals surface area contributed by atoms with Gasteiger partial charge >= 0.3 is 0 Å². The van der Waals surface area contributed by atoms with E-state index in [0.717, 1.165) is 49.8 Å². The first-order valence-electron chi connectivity index (χ1n) is 11.6. The summed E-state index contributed by atoms with van der Waals surface area (Å²) in [5.41, 5.74) is 6.51. The maximum Gasteiger partial charge on any atom is 0.164 e. The monoisotopic (exact) mass is 459 g/mol. The van der Waals surface area contributed by atoms with Crippen molar-refractivity contribution in [3.63, 3.8) is 0 Å². The van der Waals surface area contributed by atoms with Gasteiger partial charge in [-0.1, -0.05) is 37.3 Å². The highest BCUT2D eigenvalue weighted by atomic mass is 16.1. The van der Waals surface area contributed by atoms with Crippen LogP contribution in [0.2, 0.25) is 0 Å². The van der Waals surface area contributed by atoms with Crippen LogP contribution in [-0.4, -0.2) is 25.5 Å². The number of hydrogen-bond acceptors (Lipinski definition) is 5. The minimum Gasteiger partial charge on any atom is -0.294 e. The number of hydrogen-bond donors (Lipinski definition) is 0. The first kappa shape index (κ1) is 22.4. The predicted molar refractivity (Wildman–Crippen MR) is 138 cm³/mol. The van der Waals surface area contributed by atoms with Crippen molar-refractivity contribution in [2.45, 2.75) is 32.6 Å². The van der Waals surface area contributed by atoms with E-state index in [2.05, 4.69) is 22.1 Å². The second-order valence-electron chi connectivity index (χ2n) is 9.28. The normalized spacial score (nSPS) is 11.6. The Balaban J connectivity index is 1.70. The van der Waals surface area contributed by atoms with Crippen molar-refractivity contribution in [3.8, 4) is 28.5 Å². The van der Waals surface area contributed by atoms with E-state index in [1.807, 2.05) is 81.2 Å². The Labute approximate surface area is 203 Å². The molecule has 6 heteroatoms. The van der Waals surface area contributed by atoms with E-state index in [9.17, 15) is 10.1 Å². The predicted octanol–water partition coefficient (Wildman–Crippen LogP) is 6.24. The zero-order chi connectivity index (χ0) is 24.7. The van der Waals surface area contributed by atoms with Gasteiger partial charge in [-0.05, 0) is 43.2 Å². The zero-order valence-electron chi connectivity index (χ0n) is 20.2. The summed E-state index contributed by atoms with van der Waals surface area (Å²) in [6.07, 6.45) is 5.69. The summed E-state index contributed by atoms with van der Waals surface area (Å²) in [5.74, 6) is 0.0711. The van der Waals surface area contributed by atoms with E-state index in [0.29, 0.717) is 12.0 Å². The molecule has 5 rings (SSSR count). The lowest BCUT2D eigenvalue weighted by Gasteiger charge is -2.15. The van der Waals surface area contributed by atoms with Gasteiger partial charge in [0.25, 0.3) is 0 Å². The molecule has 0 N–H and O–H groups in total. The lowest BCUT2D eigenvalue weighted by atomic mass is 9.86. The molecule has 0 fully saturated rings. The molecule has 0 aliphatic heterocycles. The van der Waals surface area contributed by atoms with Gasteiger partial charge < -0.3 is 0 Å². The number of rotatable bonds is 5. The van der Waals surface area contributed by atoms with Crippen molar-refractivity contribution in [3.05, 3.63) is 78.2 Å². The Bertz CT molecular complexity index is 1640. The molecule has 6 nitrogen and oxygen atoms in total. The second kappa shape index (κ2) is 8.44. The molecule has 0 amide bonds. The van der Waals surface area contributed by atoms with Gasteiger partial charge in [-0.3, -0.25) is 19.4 Å². The van der Waals surface area contributed by atoms with Crippen molar-refractivity contribution >= 4 is 27.6 Å². The van der Waals surface area contributed by atoms with Crippen LogP contribution in [0.1, 0.15) is 43.1 Å². The fourth-order valence-electron chi connectivity index (χ4n) is 4.38. The van der Waals surface area contributed by atoms with E-state index in [1.54, 1.807) is 12.4 Å². The Morgan fingerprint density at radius 2 is 1.74 bits per heavy atom. The molecule has 3 aromatic heterocycles. The summed E-state index contributed by atoms with van der Waals surface area (Å²) in [4.78, 5) is 21.2. The maximum atomic E-state index is 12.2. The summed E-state index contributed by atoms with van der Waals surface area (Å²) < 4.78 is 1.85. The van der Waals surface area contributed by atoms with E-state index in [-0.39, 0.29) is 5.78 Å². The number of carbonyl (C=O) groups is 1. The molecule has 0 spiro atoms. The highest BCUT2D eigenvalue weighted by molar-refractivity contribution is 6.12. The first-order chi connectivity index (χ1) is 16.8. The standard InChI is InChI=1S/C29H25N5O/c1-5-26(35)21-12-20(14-31-15-21)19-8-11-24-23(13-19)27-25(16-32-24)34(4)33-28(27)18-6-9-22(10-7-18)29(2,3)17-30/h6-16H,5H2,1-4H3. The highest BCUT2D eigenvalue weighted by Gasteiger charge is 2.21. The molecule has 0 radical (unpaired) electrons. The number of ketones is 1. The largest absolute Gasteiger partial charge is 0.294 e. The SMILES string of the molecule is CCC(=O)c1cncc(-c2ccc3ncc4c(c(-c5ccc(C(C)(C)C#N)cc5)nn4C)c3c2)c1. The van der Waals surface area contributed by atoms with Crippen molar-refractivity contribution in [1.82, 2.24) is 19.7 Å². The van der Waals surface area contributed by atoms with Crippen LogP contribution in [0.4, 0.5) is 0 Å². The number of pyridine rings is 2. The molecule has 172 valence electrons. The maximum absolute atomic E-state index is 12.2. The van der Waals surface area contributed by atoms with Crippen LogP contribution in [0, 0.1) is 11.3 Å². The molecular formula is C29H25N5O. The molecule has 3 heterocycles. The van der Waals surface area contributed by atoms with Crippen LogP contribution in [0.25, 0.3) is 44.2 Å². The van der Waals surface area contributed by atoms with Gasteiger partial charge in [-0.15, -0.1) is 0 Å². The fraction of sp³-hybridized carbons (Fsp3) is 0.207. The average Bonchev–Trinajstić information content (AvgIpc) is 3.24. The van der Waals surface area contributed by atoms with E-state index in [1.165, 1.54) is 0 Å². The molecule has 5 aromatic rings. The number of aromatic nitrogens is 4. The lowest BCUT2D eigenvalue weighted by molar-refractivity contribution is 0.0988. The Kier molecular flexibility index (Phi) is 5.41. The van der Waals surface area contributed by atoms with Crippen LogP contribution < -0.4 is 0 Å². The van der Waals surface area contributed by atoms with E-state index >= 15 is 0 Å². The third-order valence-electron chi connectivity index (χ3n) is 6.56. The number of aryl methyl sites for hydroxylation is 1. The zero-order valence-corrected chi connectivity index (χ0v) is 20.2. The number of benzene rings is 2. The number of nitrogens with zero attached hydrogens (tertiary/aromatic N) is 5. The van der Waals surface area contributed by atoms with Crippen LogP contribution in [0.3, 0.4) is 0 Å². The third-order valence-corrected chi connectivity index (χ3v) is 6.56. The third kappa shape index (κ3) is 3.85. The van der Waals surface area contributed by atoms with E-state index < -0.39 is 5.41 Å². The molecule has 0 bridgehead atoms. The summed E-state index contributed by atoms with van der Waals surface area (Å²) in [7, 11) is 1.92. The molecule has 0 atom stereocenters. The highest BCUT2D eigenvalue weighted by Crippen LogP contribution is 2.35. The quantitative estimate of drug-likeness (QED) is 0.290. The minimum atomic E-state index is -0.558. The molecule has 35 heavy (non-hydrogen) atoms. The Morgan fingerprint density at radius 3 is 2.46 bits per heavy atom. The molecule has 0 aliphatic carbocycles. The fourth-order valence-corrected chi connectivity index (χ4v) is 4.38. The molecule has 0 saturated heterocycles. The molecule has 0 aliphatic rings. The number of nitriles is 1. The first-order valence-corrected chi connectivity index (χ1v) is 11.6. The summed E-state index contributed by atoms with van der Waals surface area (Å²) in [6, 6.07) is 18.4. The topological polar surface area (TPSA) is 84.5 Å². The van der Waals surface area contributed by atoms with E-state index in [4.69, 9.17) is 5.10 Å². The van der Waals surface area contributed by atoms with Crippen LogP contribution in [0.15, 0.2) is 67.1 Å². The molecule has 0 unspecified atom stereocenters. The molecule has 2 aromatic carbocycles. The number of carbonyl (C=O) groups excluding carboxylic acids is 1. The molecule has 0 saturated carbocycles. The van der Waals surface area contributed by atoms with Crippen molar-refractivity contribution in [2.24, 2.45) is 7.05 Å². The lowest BCUT2D eigenvalue weighted by Crippen LogP contribution is -2.13. The number of fused-ring (bicyclic) bond motifs is 3. The van der Waals surface area contributed by atoms with Gasteiger partial charge in [0, 0.05) is 53.3 Å². The van der Waals surface area contributed by atoms with Gasteiger partial charge in [0.1, 0.15) is 5.69 Å². The van der Waals surface area contributed by atoms with Crippen molar-refractivity contribution in [1.29, 1.82) is 5.26 Å². The Morgan fingerprint density at radius 1 is 1.00 bits per heavy atom. The summed E-state index contributed by atoms with van der Waals surface area (Å²) in [6.45, 7) is 5.68. The van der Waals surface area contributed by atoms with Crippen LogP contribution >= 0.6 is 0 Å². The average molecular weight is 460 g/mol. The van der Waals surface area contributed by atoms with Gasteiger partial charge in [0.2, 0.25) is 0 Å². The van der Waals surface area contributed by atoms with Crippen molar-refractivity contribution < 1.29 is 4.79 Å². The van der Waals surface area contributed by atoms with Gasteiger partial charge in [0.05, 0.1) is 28.7 Å². The Hall–Kier alpha value is -4.37. The summed E-state index contributed by atoms with van der Waals surface area (Å²) in [5, 5.41) is 16.3. The second-order valence-corrected chi connectivity index (χ2v) is 9.28. The van der Waals surface area contributed by atoms with Gasteiger partial charge in [-0.2, -0.15) is 10.4 Å². The molecular weight excluding hydrogens is 434 g/mol. The van der Waals surface area contributed by atoms with Crippen LogP contribution in [-0.2, 0) is 12.5 Å². The minimum absolute atomic E-state index is 0.0711. The van der Waals surface area contributed by atoms with Crippen LogP contribution in [0.5, 0.6) is 0 Å². The smallest absolute Gasteiger partial charge is 0.164 e. The van der Waals surface area contributed by atoms with Crippen molar-refractivity contribution in [2.75, 3.05) is 0 Å². The van der Waals surface area contributed by atoms with Gasteiger partial charge in [0.15, 0.2) is 5.78 Å². The number of Topliss-reactive ketones (excluding diaryl/α,β-unsaturated/α-hetero) is 1. The summed E-state index contributed by atoms with van der Waals surface area (Å²) >= 11 is 0. The van der Waals surface area contributed by atoms with Gasteiger partial charge in [-0.25, -0.2) is 0 Å².